The molecule has 8 nitrogen and oxygen atoms in total. The zero-order chi connectivity index (χ0) is 20.8. The van der Waals surface area contributed by atoms with Gasteiger partial charge in [0.25, 0.3) is 0 Å². The summed E-state index contributed by atoms with van der Waals surface area (Å²) in [5.41, 5.74) is 0.738. The van der Waals surface area contributed by atoms with Crippen molar-refractivity contribution in [1.82, 2.24) is 14.5 Å². The lowest BCUT2D eigenvalue weighted by Gasteiger charge is -2.17. The van der Waals surface area contributed by atoms with Crippen LogP contribution in [0.2, 0.25) is 0 Å². The highest BCUT2D eigenvalue weighted by atomic mass is 32.2. The number of aromatic nitrogens is 3. The molecule has 0 saturated heterocycles. The van der Waals surface area contributed by atoms with Gasteiger partial charge in [-0.25, -0.2) is 23.7 Å². The van der Waals surface area contributed by atoms with Gasteiger partial charge in [-0.2, -0.15) is 0 Å². The third kappa shape index (κ3) is 5.47. The normalized spacial score (nSPS) is 22.0. The maximum absolute atomic E-state index is 14.5. The molecule has 0 amide bonds. The quantitative estimate of drug-likeness (QED) is 0.497. The van der Waals surface area contributed by atoms with Crippen LogP contribution in [-0.4, -0.2) is 43.3 Å². The molecule has 1 saturated carbocycles. The number of alkyl halides is 1. The summed E-state index contributed by atoms with van der Waals surface area (Å²) < 4.78 is 32.0. The summed E-state index contributed by atoms with van der Waals surface area (Å²) >= 11 is -1.87. The smallest absolute Gasteiger partial charge is 0.231 e. The molecule has 2 aromatic heterocycles. The van der Waals surface area contributed by atoms with Gasteiger partial charge in [0.1, 0.15) is 18.3 Å². The van der Waals surface area contributed by atoms with Crippen molar-refractivity contribution in [3.05, 3.63) is 42.1 Å². The van der Waals surface area contributed by atoms with Crippen molar-refractivity contribution < 1.29 is 17.6 Å². The third-order valence-corrected chi connectivity index (χ3v) is 5.10. The number of halogens is 1. The Balaban J connectivity index is 1.72. The van der Waals surface area contributed by atoms with Gasteiger partial charge in [-0.05, 0) is 31.7 Å². The number of hydrogen-bond donors (Lipinski definition) is 2. The molecule has 0 radical (unpaired) electrons. The fourth-order valence-electron chi connectivity index (χ4n) is 3.32. The highest BCUT2D eigenvalue weighted by molar-refractivity contribution is 7.77. The Kier molecular flexibility index (Phi) is 7.09. The molecular weight excluding hydrogens is 397 g/mol. The van der Waals surface area contributed by atoms with Crippen LogP contribution in [0.25, 0.3) is 0 Å². The van der Waals surface area contributed by atoms with Crippen LogP contribution in [0.4, 0.5) is 10.2 Å². The molecule has 1 fully saturated rings. The zero-order valence-electron chi connectivity index (χ0n) is 15.9. The maximum Gasteiger partial charge on any atom is 0.231 e. The number of carbonyl (C=O) groups is 1. The second kappa shape index (κ2) is 9.73. The molecule has 3 N–H and O–H groups in total. The summed E-state index contributed by atoms with van der Waals surface area (Å²) in [4.78, 5) is 21.0. The van der Waals surface area contributed by atoms with E-state index in [1.807, 2.05) is 0 Å². The molecule has 3 rings (SSSR count). The van der Waals surface area contributed by atoms with Crippen LogP contribution < -0.4 is 10.5 Å². The van der Waals surface area contributed by atoms with Crippen molar-refractivity contribution in [2.24, 2.45) is 11.1 Å². The molecule has 29 heavy (non-hydrogen) atoms. The van der Waals surface area contributed by atoms with Crippen molar-refractivity contribution in [3.8, 4) is 11.8 Å². The predicted molar refractivity (Wildman–Crippen MR) is 107 cm³/mol. The number of anilines is 1. The molecule has 4 unspecified atom stereocenters. The van der Waals surface area contributed by atoms with Gasteiger partial charge in [0.15, 0.2) is 5.78 Å². The molecule has 2 aromatic rings. The van der Waals surface area contributed by atoms with Gasteiger partial charge < -0.3 is 9.88 Å². The summed E-state index contributed by atoms with van der Waals surface area (Å²) in [6.07, 6.45) is 5.75. The van der Waals surface area contributed by atoms with E-state index in [9.17, 15) is 13.4 Å². The maximum atomic E-state index is 14.5. The Labute approximate surface area is 170 Å². The highest BCUT2D eigenvalue weighted by Gasteiger charge is 2.35. The van der Waals surface area contributed by atoms with E-state index in [2.05, 4.69) is 27.1 Å². The Bertz CT molecular complexity index is 955. The van der Waals surface area contributed by atoms with Gasteiger partial charge in [0.05, 0.1) is 24.8 Å². The first kappa shape index (κ1) is 21.1. The van der Waals surface area contributed by atoms with E-state index < -0.39 is 23.5 Å². The Morgan fingerprint density at radius 3 is 3.10 bits per heavy atom. The van der Waals surface area contributed by atoms with Gasteiger partial charge >= 0.3 is 0 Å². The molecule has 1 aliphatic rings. The van der Waals surface area contributed by atoms with Gasteiger partial charge in [-0.15, -0.1) is 5.92 Å². The minimum absolute atomic E-state index is 0.117. The minimum Gasteiger partial charge on any atom is -0.364 e. The van der Waals surface area contributed by atoms with Crippen LogP contribution >= 0.6 is 0 Å². The first-order valence-corrected chi connectivity index (χ1v) is 10.2. The van der Waals surface area contributed by atoms with E-state index >= 15 is 0 Å². The van der Waals surface area contributed by atoms with Crippen molar-refractivity contribution in [3.63, 3.8) is 0 Å². The number of nitrogens with one attached hydrogen (secondary N) is 1. The van der Waals surface area contributed by atoms with E-state index in [0.29, 0.717) is 18.5 Å². The van der Waals surface area contributed by atoms with E-state index in [0.717, 1.165) is 0 Å². The summed E-state index contributed by atoms with van der Waals surface area (Å²) in [5.74, 6) is 5.63. The fourth-order valence-corrected chi connectivity index (χ4v) is 3.65. The summed E-state index contributed by atoms with van der Waals surface area (Å²) in [7, 11) is 0. The highest BCUT2D eigenvalue weighted by Crippen LogP contribution is 2.31. The minimum atomic E-state index is -1.87. The largest absolute Gasteiger partial charge is 0.364 e. The van der Waals surface area contributed by atoms with Crippen LogP contribution in [0.5, 0.6) is 0 Å². The van der Waals surface area contributed by atoms with E-state index in [-0.39, 0.29) is 36.1 Å². The molecule has 1 aliphatic carbocycles. The van der Waals surface area contributed by atoms with Crippen molar-refractivity contribution in [2.45, 2.75) is 38.5 Å². The molecule has 154 valence electrons. The van der Waals surface area contributed by atoms with Crippen LogP contribution in [0.3, 0.4) is 0 Å². The predicted octanol–water partition coefficient (Wildman–Crippen LogP) is 1.61. The van der Waals surface area contributed by atoms with Gasteiger partial charge in [0.2, 0.25) is 11.3 Å². The zero-order valence-corrected chi connectivity index (χ0v) is 16.7. The Morgan fingerprint density at radius 1 is 1.52 bits per heavy atom. The van der Waals surface area contributed by atoms with E-state index in [4.69, 9.17) is 9.32 Å². The second-order valence-electron chi connectivity index (χ2n) is 6.76. The third-order valence-electron chi connectivity index (χ3n) is 4.73. The average molecular weight is 419 g/mol. The van der Waals surface area contributed by atoms with Gasteiger partial charge in [-0.1, -0.05) is 5.92 Å². The van der Waals surface area contributed by atoms with Crippen molar-refractivity contribution in [2.75, 3.05) is 11.9 Å². The first-order valence-electron chi connectivity index (χ1n) is 9.08. The van der Waals surface area contributed by atoms with Crippen LogP contribution in [0.15, 0.2) is 31.0 Å². The molecule has 0 bridgehead atoms. The molecule has 0 aliphatic heterocycles. The van der Waals surface area contributed by atoms with E-state index in [1.165, 1.54) is 12.5 Å². The number of hydrogen-bond acceptors (Lipinski definition) is 6. The van der Waals surface area contributed by atoms with Crippen LogP contribution in [0, 0.1) is 17.8 Å². The van der Waals surface area contributed by atoms with Gasteiger partial charge in [0, 0.05) is 24.2 Å². The number of nitrogens with zero attached hydrogens (tertiary/aromatic N) is 3. The number of ketones is 1. The molecule has 0 aromatic carbocycles. The lowest BCUT2D eigenvalue weighted by atomic mass is 10.1. The standard InChI is InChI=1S/C19H22FN5O3S/c1-2-3-5-25-6-4-14(10-25)18(26)15-9-22-12-23-19(15)24-17-8-13(7-16(17)20)11-28-29(21)27/h4,6,9-10,12-13,16-17H,5,7-8,11,21H2,1H3,(H,22,23,24). The first-order chi connectivity index (χ1) is 14.0. The molecule has 2 heterocycles. The Morgan fingerprint density at radius 2 is 2.34 bits per heavy atom. The van der Waals surface area contributed by atoms with Crippen molar-refractivity contribution >= 4 is 22.9 Å². The fraction of sp³-hybridized carbons (Fsp3) is 0.421. The SMILES string of the molecule is CC#CCn1ccc(C(=O)c2cncnc2NC2CC(COS(N)=O)CC2F)c1. The molecule has 4 atom stereocenters. The van der Waals surface area contributed by atoms with Gasteiger partial charge in [-0.3, -0.25) is 8.98 Å². The van der Waals surface area contributed by atoms with Crippen LogP contribution in [0.1, 0.15) is 35.7 Å². The number of nitrogens with two attached hydrogens (primary N) is 1. The topological polar surface area (TPSA) is 112 Å². The van der Waals surface area contributed by atoms with Crippen LogP contribution in [-0.2, 0) is 22.0 Å². The molecule has 0 spiro atoms. The lowest BCUT2D eigenvalue weighted by Crippen LogP contribution is -2.27. The van der Waals surface area contributed by atoms with Crippen molar-refractivity contribution in [1.29, 1.82) is 0 Å². The Hall–Kier alpha value is -2.61. The summed E-state index contributed by atoms with van der Waals surface area (Å²) in [6.45, 7) is 2.36. The summed E-state index contributed by atoms with van der Waals surface area (Å²) in [6, 6.07) is 1.16. The number of rotatable bonds is 8. The second-order valence-corrected chi connectivity index (χ2v) is 7.52. The lowest BCUT2D eigenvalue weighted by molar-refractivity contribution is 0.103. The van der Waals surface area contributed by atoms with E-state index in [1.54, 1.807) is 30.0 Å². The molecular formula is C19H22FN5O3S. The molecule has 10 heteroatoms. The average Bonchev–Trinajstić information content (AvgIpc) is 3.31. The summed E-state index contributed by atoms with van der Waals surface area (Å²) in [5, 5.41) is 8.11. The number of carbonyl (C=O) groups excluding carboxylic acids is 1. The monoisotopic (exact) mass is 419 g/mol.